The molecule has 1 fully saturated rings. The Balaban J connectivity index is 1.57. The van der Waals surface area contributed by atoms with Gasteiger partial charge in [0.2, 0.25) is 0 Å². The van der Waals surface area contributed by atoms with Crippen LogP contribution in [0.5, 0.6) is 5.75 Å². The fraction of sp³-hybridized carbons (Fsp3) is 0.647. The second kappa shape index (κ2) is 6.86. The van der Waals surface area contributed by atoms with E-state index in [9.17, 15) is 5.11 Å². The molecule has 5 nitrogen and oxygen atoms in total. The van der Waals surface area contributed by atoms with E-state index in [0.29, 0.717) is 6.61 Å². The predicted molar refractivity (Wildman–Crippen MR) is 88.7 cm³/mol. The average Bonchev–Trinajstić information content (AvgIpc) is 2.54. The van der Waals surface area contributed by atoms with E-state index < -0.39 is 6.10 Å². The van der Waals surface area contributed by atoms with Crippen molar-refractivity contribution in [2.75, 3.05) is 64.9 Å². The van der Waals surface area contributed by atoms with Crippen molar-refractivity contribution in [3.63, 3.8) is 0 Å². The van der Waals surface area contributed by atoms with Gasteiger partial charge in [0.05, 0.1) is 18.3 Å². The average molecular weight is 305 g/mol. The maximum atomic E-state index is 10.5. The summed E-state index contributed by atoms with van der Waals surface area (Å²) in [5.41, 5.74) is 2.07. The SMILES string of the molecule is CN1CCN(CCC(O)c2ccc3c(c2)OCCN3C)CC1. The number of aliphatic hydroxyl groups is 1. The van der Waals surface area contributed by atoms with E-state index >= 15 is 0 Å². The summed E-state index contributed by atoms with van der Waals surface area (Å²) in [7, 11) is 4.24. The topological polar surface area (TPSA) is 39.2 Å². The first-order chi connectivity index (χ1) is 10.6. The molecule has 3 rings (SSSR count). The van der Waals surface area contributed by atoms with Gasteiger partial charge >= 0.3 is 0 Å². The van der Waals surface area contributed by atoms with Crippen molar-refractivity contribution < 1.29 is 9.84 Å². The number of hydrogen-bond acceptors (Lipinski definition) is 5. The van der Waals surface area contributed by atoms with Gasteiger partial charge in [0.25, 0.3) is 0 Å². The monoisotopic (exact) mass is 305 g/mol. The standard InChI is InChI=1S/C17H27N3O2/c1-18-7-9-20(10-8-18)6-5-16(21)14-3-4-15-17(13-14)22-12-11-19(15)2/h3-4,13,16,21H,5-12H2,1-2H3. The molecule has 2 aliphatic heterocycles. The zero-order chi connectivity index (χ0) is 15.5. The molecule has 0 aromatic heterocycles. The molecule has 1 unspecified atom stereocenters. The zero-order valence-electron chi connectivity index (χ0n) is 13.7. The molecule has 0 bridgehead atoms. The van der Waals surface area contributed by atoms with Gasteiger partial charge in [-0.1, -0.05) is 6.07 Å². The quantitative estimate of drug-likeness (QED) is 0.904. The van der Waals surface area contributed by atoms with E-state index in [-0.39, 0.29) is 0 Å². The minimum Gasteiger partial charge on any atom is -0.490 e. The van der Waals surface area contributed by atoms with Crippen molar-refractivity contribution in [1.82, 2.24) is 9.80 Å². The number of benzene rings is 1. The first kappa shape index (κ1) is 15.6. The molecule has 5 heteroatoms. The van der Waals surface area contributed by atoms with Gasteiger partial charge in [0.1, 0.15) is 12.4 Å². The van der Waals surface area contributed by atoms with Gasteiger partial charge in [-0.15, -0.1) is 0 Å². The third kappa shape index (κ3) is 3.54. The highest BCUT2D eigenvalue weighted by molar-refractivity contribution is 5.60. The first-order valence-corrected chi connectivity index (χ1v) is 8.20. The minimum atomic E-state index is -0.416. The number of anilines is 1. The highest BCUT2D eigenvalue weighted by atomic mass is 16.5. The maximum Gasteiger partial charge on any atom is 0.143 e. The number of fused-ring (bicyclic) bond motifs is 1. The Morgan fingerprint density at radius 3 is 2.68 bits per heavy atom. The molecule has 1 aromatic rings. The van der Waals surface area contributed by atoms with Crippen LogP contribution in [0.4, 0.5) is 5.69 Å². The lowest BCUT2D eigenvalue weighted by Gasteiger charge is -2.33. The number of ether oxygens (including phenoxy) is 1. The largest absolute Gasteiger partial charge is 0.490 e. The summed E-state index contributed by atoms with van der Waals surface area (Å²) in [4.78, 5) is 6.98. The molecule has 1 saturated heterocycles. The Bertz CT molecular complexity index is 501. The molecule has 0 radical (unpaired) electrons. The fourth-order valence-electron chi connectivity index (χ4n) is 3.12. The lowest BCUT2D eigenvalue weighted by atomic mass is 10.0. The van der Waals surface area contributed by atoms with E-state index in [4.69, 9.17) is 4.74 Å². The molecule has 2 aliphatic rings. The summed E-state index contributed by atoms with van der Waals surface area (Å²) in [5.74, 6) is 0.893. The van der Waals surface area contributed by atoms with Crippen LogP contribution in [-0.2, 0) is 0 Å². The van der Waals surface area contributed by atoms with Crippen molar-refractivity contribution in [3.05, 3.63) is 23.8 Å². The van der Waals surface area contributed by atoms with Crippen LogP contribution in [-0.4, -0.2) is 74.9 Å². The van der Waals surface area contributed by atoms with Crippen LogP contribution >= 0.6 is 0 Å². The predicted octanol–water partition coefficient (Wildman–Crippen LogP) is 1.19. The van der Waals surface area contributed by atoms with E-state index in [1.54, 1.807) is 0 Å². The molecule has 1 N–H and O–H groups in total. The van der Waals surface area contributed by atoms with Crippen LogP contribution in [0.2, 0.25) is 0 Å². The third-order valence-corrected chi connectivity index (χ3v) is 4.78. The van der Waals surface area contributed by atoms with Gasteiger partial charge < -0.3 is 24.5 Å². The second-order valence-electron chi connectivity index (χ2n) is 6.45. The Hall–Kier alpha value is -1.30. The van der Waals surface area contributed by atoms with Crippen LogP contribution in [0.3, 0.4) is 0 Å². The number of nitrogens with zero attached hydrogens (tertiary/aromatic N) is 3. The molecule has 1 atom stereocenters. The van der Waals surface area contributed by atoms with Crippen LogP contribution < -0.4 is 9.64 Å². The lowest BCUT2D eigenvalue weighted by molar-refractivity contribution is 0.112. The summed E-state index contributed by atoms with van der Waals surface area (Å²) < 4.78 is 5.72. The molecule has 0 aliphatic carbocycles. The summed E-state index contributed by atoms with van der Waals surface area (Å²) >= 11 is 0. The van der Waals surface area contributed by atoms with Crippen LogP contribution in [0.15, 0.2) is 18.2 Å². The van der Waals surface area contributed by atoms with Crippen molar-refractivity contribution in [2.45, 2.75) is 12.5 Å². The van der Waals surface area contributed by atoms with Gasteiger partial charge in [-0.3, -0.25) is 0 Å². The van der Waals surface area contributed by atoms with Gasteiger partial charge in [0, 0.05) is 39.8 Å². The smallest absolute Gasteiger partial charge is 0.143 e. The third-order valence-electron chi connectivity index (χ3n) is 4.78. The molecular formula is C17H27N3O2. The highest BCUT2D eigenvalue weighted by Gasteiger charge is 2.19. The molecule has 22 heavy (non-hydrogen) atoms. The van der Waals surface area contributed by atoms with Crippen LogP contribution in [0.1, 0.15) is 18.1 Å². The minimum absolute atomic E-state index is 0.416. The van der Waals surface area contributed by atoms with E-state index in [1.165, 1.54) is 0 Å². The van der Waals surface area contributed by atoms with Gasteiger partial charge in [0.15, 0.2) is 0 Å². The van der Waals surface area contributed by atoms with Crippen LogP contribution in [0, 0.1) is 0 Å². The number of rotatable bonds is 4. The molecule has 1 aromatic carbocycles. The van der Waals surface area contributed by atoms with Gasteiger partial charge in [-0.25, -0.2) is 0 Å². The summed E-state index contributed by atoms with van der Waals surface area (Å²) in [6, 6.07) is 6.08. The summed E-state index contributed by atoms with van der Waals surface area (Å²) in [6.07, 6.45) is 0.360. The number of hydrogen-bond donors (Lipinski definition) is 1. The molecule has 122 valence electrons. The molecular weight excluding hydrogens is 278 g/mol. The van der Waals surface area contributed by atoms with Gasteiger partial charge in [-0.05, 0) is 31.2 Å². The number of aliphatic hydroxyl groups excluding tert-OH is 1. The normalized spacial score (nSPS) is 21.3. The fourth-order valence-corrected chi connectivity index (χ4v) is 3.12. The van der Waals surface area contributed by atoms with Crippen molar-refractivity contribution in [3.8, 4) is 5.75 Å². The highest BCUT2D eigenvalue weighted by Crippen LogP contribution is 2.33. The maximum absolute atomic E-state index is 10.5. The Morgan fingerprint density at radius 2 is 1.91 bits per heavy atom. The van der Waals surface area contributed by atoms with Crippen LogP contribution in [0.25, 0.3) is 0 Å². The lowest BCUT2D eigenvalue weighted by Crippen LogP contribution is -2.44. The molecule has 2 heterocycles. The van der Waals surface area contributed by atoms with Gasteiger partial charge in [-0.2, -0.15) is 0 Å². The number of piperazine rings is 1. The molecule has 0 saturated carbocycles. The van der Waals surface area contributed by atoms with Crippen molar-refractivity contribution in [1.29, 1.82) is 0 Å². The molecule has 0 spiro atoms. The van der Waals surface area contributed by atoms with E-state index in [2.05, 4.69) is 34.9 Å². The van der Waals surface area contributed by atoms with E-state index in [0.717, 1.165) is 62.7 Å². The van der Waals surface area contributed by atoms with Crippen molar-refractivity contribution in [2.24, 2.45) is 0 Å². The summed E-state index contributed by atoms with van der Waals surface area (Å²) in [5, 5.41) is 10.5. The zero-order valence-corrected chi connectivity index (χ0v) is 13.7. The molecule has 0 amide bonds. The van der Waals surface area contributed by atoms with E-state index in [1.807, 2.05) is 12.1 Å². The summed E-state index contributed by atoms with van der Waals surface area (Å²) in [6.45, 7) is 7.02. The Labute approximate surface area is 133 Å². The second-order valence-corrected chi connectivity index (χ2v) is 6.45. The van der Waals surface area contributed by atoms with Crippen molar-refractivity contribution >= 4 is 5.69 Å². The Kier molecular flexibility index (Phi) is 4.86. The number of likely N-dealkylation sites (N-methyl/N-ethyl adjacent to an activating group) is 2. The Morgan fingerprint density at radius 1 is 1.14 bits per heavy atom. The first-order valence-electron chi connectivity index (χ1n) is 8.20.